The minimum Gasteiger partial charge on any atom is -0.497 e. The quantitative estimate of drug-likeness (QED) is 0.436. The van der Waals surface area contributed by atoms with Crippen molar-refractivity contribution in [3.05, 3.63) is 48.5 Å². The molecule has 1 aliphatic carbocycles. The number of carbonyl (C=O) groups is 2. The van der Waals surface area contributed by atoms with Gasteiger partial charge in [0.2, 0.25) is 5.91 Å². The summed E-state index contributed by atoms with van der Waals surface area (Å²) in [5.74, 6) is -0.238. The highest BCUT2D eigenvalue weighted by atomic mass is 32.2. The third-order valence-corrected chi connectivity index (χ3v) is 7.22. The van der Waals surface area contributed by atoms with Gasteiger partial charge in [-0.1, -0.05) is 12.8 Å². The Morgan fingerprint density at radius 1 is 0.971 bits per heavy atom. The Bertz CT molecular complexity index is 1120. The lowest BCUT2D eigenvalue weighted by Crippen LogP contribution is -2.39. The molecule has 1 aliphatic rings. The zero-order valence-corrected chi connectivity index (χ0v) is 20.2. The van der Waals surface area contributed by atoms with E-state index in [-0.39, 0.29) is 10.8 Å². The van der Waals surface area contributed by atoms with Gasteiger partial charge in [-0.3, -0.25) is 13.9 Å². The summed E-state index contributed by atoms with van der Waals surface area (Å²) in [6.07, 6.45) is 6.04. The molecule has 2 aromatic carbocycles. The molecule has 9 nitrogen and oxygen atoms in total. The highest BCUT2D eigenvalue weighted by Gasteiger charge is 2.27. The Labute approximate surface area is 200 Å². The second-order valence-corrected chi connectivity index (χ2v) is 9.90. The minimum absolute atomic E-state index is 0.0136. The van der Waals surface area contributed by atoms with Crippen molar-refractivity contribution >= 4 is 38.9 Å². The summed E-state index contributed by atoms with van der Waals surface area (Å²) < 4.78 is 33.2. The Hall–Kier alpha value is -3.40. The largest absolute Gasteiger partial charge is 0.497 e. The van der Waals surface area contributed by atoms with E-state index < -0.39 is 22.5 Å². The molecule has 0 atom stereocenters. The van der Waals surface area contributed by atoms with Gasteiger partial charge < -0.3 is 10.1 Å². The predicted octanol–water partition coefficient (Wildman–Crippen LogP) is 3.68. The van der Waals surface area contributed by atoms with Gasteiger partial charge in [0, 0.05) is 18.3 Å². The van der Waals surface area contributed by atoms with Crippen molar-refractivity contribution in [3.63, 3.8) is 0 Å². The van der Waals surface area contributed by atoms with Crippen LogP contribution in [-0.2, 0) is 19.6 Å². The molecule has 0 spiro atoms. The Morgan fingerprint density at radius 2 is 1.59 bits per heavy atom. The van der Waals surface area contributed by atoms with Gasteiger partial charge in [0.15, 0.2) is 0 Å². The fraction of sp³-hybridized carbons (Fsp3) is 0.375. The van der Waals surface area contributed by atoms with Crippen LogP contribution in [0.15, 0.2) is 58.5 Å². The zero-order valence-electron chi connectivity index (χ0n) is 19.4. The monoisotopic (exact) mass is 486 g/mol. The molecule has 0 radical (unpaired) electrons. The summed E-state index contributed by atoms with van der Waals surface area (Å²) in [5, 5.41) is 6.85. The lowest BCUT2D eigenvalue weighted by Gasteiger charge is -2.24. The second kappa shape index (κ2) is 11.6. The number of benzene rings is 2. The van der Waals surface area contributed by atoms with Crippen molar-refractivity contribution < 1.29 is 22.7 Å². The van der Waals surface area contributed by atoms with E-state index in [0.717, 1.165) is 48.5 Å². The fourth-order valence-corrected chi connectivity index (χ4v) is 5.08. The molecule has 0 heterocycles. The van der Waals surface area contributed by atoms with Gasteiger partial charge in [0.25, 0.3) is 15.9 Å². The molecule has 2 amide bonds. The molecule has 34 heavy (non-hydrogen) atoms. The van der Waals surface area contributed by atoms with Gasteiger partial charge in [-0.15, -0.1) is 0 Å². The van der Waals surface area contributed by atoms with Crippen LogP contribution in [0.2, 0.25) is 0 Å². The van der Waals surface area contributed by atoms with E-state index in [1.807, 2.05) is 0 Å². The van der Waals surface area contributed by atoms with Crippen LogP contribution in [0.25, 0.3) is 0 Å². The van der Waals surface area contributed by atoms with E-state index in [4.69, 9.17) is 4.74 Å². The molecule has 0 unspecified atom stereocenters. The summed E-state index contributed by atoms with van der Waals surface area (Å²) in [4.78, 5) is 24.0. The number of ether oxygens (including phenoxy) is 1. The zero-order chi connectivity index (χ0) is 24.6. The first-order chi connectivity index (χ1) is 16.3. The number of methoxy groups -OCH3 is 1. The maximum atomic E-state index is 13.5. The van der Waals surface area contributed by atoms with Crippen molar-refractivity contribution in [1.82, 2.24) is 5.43 Å². The Kier molecular flexibility index (Phi) is 8.64. The van der Waals surface area contributed by atoms with Crippen LogP contribution >= 0.6 is 0 Å². The molecule has 3 rings (SSSR count). The van der Waals surface area contributed by atoms with Crippen molar-refractivity contribution in [1.29, 1.82) is 0 Å². The maximum absolute atomic E-state index is 13.5. The third kappa shape index (κ3) is 6.80. The van der Waals surface area contributed by atoms with Gasteiger partial charge in [-0.05, 0) is 74.2 Å². The van der Waals surface area contributed by atoms with Crippen molar-refractivity contribution in [2.24, 2.45) is 5.10 Å². The molecule has 2 aromatic rings. The summed E-state index contributed by atoms with van der Waals surface area (Å²) in [6.45, 7) is 0.923. The first kappa shape index (κ1) is 25.2. The van der Waals surface area contributed by atoms with Gasteiger partial charge in [0.1, 0.15) is 12.3 Å². The molecule has 1 fully saturated rings. The van der Waals surface area contributed by atoms with Gasteiger partial charge >= 0.3 is 0 Å². The van der Waals surface area contributed by atoms with Gasteiger partial charge in [-0.25, -0.2) is 13.8 Å². The van der Waals surface area contributed by atoms with Crippen LogP contribution in [0.4, 0.5) is 11.4 Å². The van der Waals surface area contributed by atoms with E-state index >= 15 is 0 Å². The number of carbonyl (C=O) groups excluding carboxylic acids is 2. The molecular weight excluding hydrogens is 456 g/mol. The number of sulfonamides is 1. The lowest BCUT2D eigenvalue weighted by atomic mass is 10.2. The van der Waals surface area contributed by atoms with Gasteiger partial charge in [-0.2, -0.15) is 5.10 Å². The summed E-state index contributed by atoms with van der Waals surface area (Å²) in [6, 6.07) is 12.2. The van der Waals surface area contributed by atoms with Crippen molar-refractivity contribution in [2.75, 3.05) is 23.3 Å². The average Bonchev–Trinajstić information content (AvgIpc) is 3.10. The van der Waals surface area contributed by atoms with Crippen LogP contribution in [-0.4, -0.2) is 39.6 Å². The summed E-state index contributed by atoms with van der Waals surface area (Å²) in [5.41, 5.74) is 4.24. The number of amides is 2. The fourth-order valence-electron chi connectivity index (χ4n) is 3.66. The SMILES string of the molecule is COc1ccc(N(CC(=O)NN=C2CCCCCC2)S(=O)(=O)c2ccc(NC(C)=O)cc2)cc1. The standard InChI is InChI=1S/C24H30N4O5S/c1-18(29)25-19-9-15-23(16-10-19)34(31,32)28(21-11-13-22(33-2)14-12-21)17-24(30)27-26-20-7-5-3-4-6-8-20/h9-16H,3-8,17H2,1-2H3,(H,25,29)(H,27,30). The van der Waals surface area contributed by atoms with E-state index in [1.165, 1.54) is 38.3 Å². The highest BCUT2D eigenvalue weighted by molar-refractivity contribution is 7.92. The number of hydrogen-bond donors (Lipinski definition) is 2. The molecule has 10 heteroatoms. The average molecular weight is 487 g/mol. The van der Waals surface area contributed by atoms with Crippen LogP contribution < -0.4 is 19.8 Å². The first-order valence-corrected chi connectivity index (χ1v) is 12.6. The van der Waals surface area contributed by atoms with E-state index in [0.29, 0.717) is 17.1 Å². The number of rotatable bonds is 8. The maximum Gasteiger partial charge on any atom is 0.264 e. The molecule has 1 saturated carbocycles. The Balaban J connectivity index is 1.85. The van der Waals surface area contributed by atoms with Crippen molar-refractivity contribution in [2.45, 2.75) is 50.3 Å². The van der Waals surface area contributed by atoms with Crippen LogP contribution in [0.5, 0.6) is 5.75 Å². The summed E-state index contributed by atoms with van der Waals surface area (Å²) >= 11 is 0. The smallest absolute Gasteiger partial charge is 0.264 e. The molecule has 0 aliphatic heterocycles. The number of nitrogens with zero attached hydrogens (tertiary/aromatic N) is 2. The van der Waals surface area contributed by atoms with E-state index in [9.17, 15) is 18.0 Å². The highest BCUT2D eigenvalue weighted by Crippen LogP contribution is 2.26. The third-order valence-electron chi connectivity index (χ3n) is 5.43. The first-order valence-electron chi connectivity index (χ1n) is 11.2. The predicted molar refractivity (Wildman–Crippen MR) is 132 cm³/mol. The molecular formula is C24H30N4O5S. The summed E-state index contributed by atoms with van der Waals surface area (Å²) in [7, 11) is -2.58. The van der Waals surface area contributed by atoms with Crippen LogP contribution in [0, 0.1) is 0 Å². The molecule has 0 saturated heterocycles. The van der Waals surface area contributed by atoms with Crippen LogP contribution in [0.1, 0.15) is 45.4 Å². The number of anilines is 2. The number of hydrogen-bond acceptors (Lipinski definition) is 6. The van der Waals surface area contributed by atoms with Crippen LogP contribution in [0.3, 0.4) is 0 Å². The lowest BCUT2D eigenvalue weighted by molar-refractivity contribution is -0.119. The van der Waals surface area contributed by atoms with Gasteiger partial charge in [0.05, 0.1) is 17.7 Å². The molecule has 182 valence electrons. The minimum atomic E-state index is -4.09. The van der Waals surface area contributed by atoms with E-state index in [2.05, 4.69) is 15.8 Å². The molecule has 0 aromatic heterocycles. The molecule has 0 bridgehead atoms. The van der Waals surface area contributed by atoms with E-state index in [1.54, 1.807) is 24.3 Å². The molecule has 2 N–H and O–H groups in total. The van der Waals surface area contributed by atoms with Crippen molar-refractivity contribution in [3.8, 4) is 5.75 Å². The second-order valence-electron chi connectivity index (χ2n) is 8.04. The number of hydrazone groups is 1. The number of nitrogens with one attached hydrogen (secondary N) is 2. The Morgan fingerprint density at radius 3 is 2.15 bits per heavy atom. The normalized spacial score (nSPS) is 14.0. The topological polar surface area (TPSA) is 117 Å².